The minimum absolute atomic E-state index is 0.165. The van der Waals surface area contributed by atoms with Gasteiger partial charge in [-0.25, -0.2) is 4.39 Å². The van der Waals surface area contributed by atoms with Crippen LogP contribution in [-0.4, -0.2) is 18.2 Å². The molecule has 1 amide bonds. The zero-order chi connectivity index (χ0) is 12.1. The number of Topliss-reactive ketones (excluding diaryl/α,β-unsaturated/α-hetero) is 1. The van der Waals surface area contributed by atoms with Gasteiger partial charge >= 0.3 is 0 Å². The molecule has 0 heterocycles. The zero-order valence-electron chi connectivity index (χ0n) is 8.92. The highest BCUT2D eigenvalue weighted by Gasteiger charge is 2.12. The third-order valence-electron chi connectivity index (χ3n) is 1.96. The number of amides is 1. The Bertz CT molecular complexity index is 418. The van der Waals surface area contributed by atoms with Crippen LogP contribution < -0.4 is 11.1 Å². The summed E-state index contributed by atoms with van der Waals surface area (Å²) in [5, 5.41) is 2.41. The first-order chi connectivity index (χ1) is 7.54. The number of hydrogen-bond acceptors (Lipinski definition) is 3. The van der Waals surface area contributed by atoms with Gasteiger partial charge in [-0.15, -0.1) is 0 Å². The minimum Gasteiger partial charge on any atom is -0.330 e. The number of rotatable bonds is 4. The fourth-order valence-corrected chi connectivity index (χ4v) is 1.32. The van der Waals surface area contributed by atoms with E-state index in [1.165, 1.54) is 19.1 Å². The first-order valence-electron chi connectivity index (χ1n) is 4.85. The molecule has 0 spiro atoms. The van der Waals surface area contributed by atoms with Crippen molar-refractivity contribution in [3.63, 3.8) is 0 Å². The van der Waals surface area contributed by atoms with Gasteiger partial charge in [-0.2, -0.15) is 0 Å². The Kier molecular flexibility index (Phi) is 4.13. The van der Waals surface area contributed by atoms with Crippen molar-refractivity contribution >= 4 is 17.4 Å². The second-order valence-electron chi connectivity index (χ2n) is 3.33. The summed E-state index contributed by atoms with van der Waals surface area (Å²) < 4.78 is 13.0. The smallest absolute Gasteiger partial charge is 0.221 e. The van der Waals surface area contributed by atoms with Gasteiger partial charge in [0, 0.05) is 18.9 Å². The van der Waals surface area contributed by atoms with E-state index < -0.39 is 5.82 Å². The number of ketones is 1. The molecule has 0 atom stereocenters. The van der Waals surface area contributed by atoms with Crippen LogP contribution in [0.25, 0.3) is 0 Å². The van der Waals surface area contributed by atoms with Crippen LogP contribution in [0.4, 0.5) is 10.1 Å². The fourth-order valence-electron chi connectivity index (χ4n) is 1.32. The minimum atomic E-state index is -0.506. The number of nitrogens with one attached hydrogen (secondary N) is 1. The lowest BCUT2D eigenvalue weighted by molar-refractivity contribution is -0.114. The molecule has 16 heavy (non-hydrogen) atoms. The van der Waals surface area contributed by atoms with Crippen LogP contribution in [-0.2, 0) is 4.79 Å². The Morgan fingerprint density at radius 3 is 2.69 bits per heavy atom. The van der Waals surface area contributed by atoms with Gasteiger partial charge in [-0.1, -0.05) is 0 Å². The van der Waals surface area contributed by atoms with Gasteiger partial charge in [0.1, 0.15) is 5.82 Å². The lowest BCUT2D eigenvalue weighted by atomic mass is 10.1. The summed E-state index contributed by atoms with van der Waals surface area (Å²) in [6, 6.07) is 3.64. The maximum Gasteiger partial charge on any atom is 0.221 e. The second kappa shape index (κ2) is 5.37. The highest BCUT2D eigenvalue weighted by molar-refractivity contribution is 6.04. The molecule has 1 aromatic rings. The quantitative estimate of drug-likeness (QED) is 0.757. The van der Waals surface area contributed by atoms with Crippen molar-refractivity contribution in [1.29, 1.82) is 0 Å². The monoisotopic (exact) mass is 224 g/mol. The van der Waals surface area contributed by atoms with Crippen molar-refractivity contribution < 1.29 is 14.0 Å². The summed E-state index contributed by atoms with van der Waals surface area (Å²) in [4.78, 5) is 22.5. The van der Waals surface area contributed by atoms with E-state index in [-0.39, 0.29) is 35.9 Å². The van der Waals surface area contributed by atoms with Crippen molar-refractivity contribution in [2.75, 3.05) is 11.9 Å². The summed E-state index contributed by atoms with van der Waals surface area (Å²) in [7, 11) is 0. The predicted octanol–water partition coefficient (Wildman–Crippen LogP) is 1.32. The molecule has 0 aliphatic heterocycles. The summed E-state index contributed by atoms with van der Waals surface area (Å²) >= 11 is 0. The molecule has 0 saturated carbocycles. The average Bonchev–Trinajstić information content (AvgIpc) is 2.16. The third kappa shape index (κ3) is 3.13. The maximum absolute atomic E-state index is 13.0. The van der Waals surface area contributed by atoms with E-state index in [0.29, 0.717) is 0 Å². The summed E-state index contributed by atoms with van der Waals surface area (Å²) in [6.07, 6.45) is 0.165. The number of hydrogen-bond donors (Lipinski definition) is 2. The molecule has 5 heteroatoms. The number of halogens is 1. The Balaban J connectivity index is 3.06. The lowest BCUT2D eigenvalue weighted by Crippen LogP contribution is -2.13. The molecule has 4 nitrogen and oxygen atoms in total. The van der Waals surface area contributed by atoms with Gasteiger partial charge in [-0.3, -0.25) is 9.59 Å². The van der Waals surface area contributed by atoms with Crippen molar-refractivity contribution in [2.24, 2.45) is 5.73 Å². The largest absolute Gasteiger partial charge is 0.330 e. The fraction of sp³-hybridized carbons (Fsp3) is 0.273. The van der Waals surface area contributed by atoms with Gasteiger partial charge < -0.3 is 11.1 Å². The average molecular weight is 224 g/mol. The Hall–Kier alpha value is -1.75. The summed E-state index contributed by atoms with van der Waals surface area (Å²) in [5.41, 5.74) is 5.73. The van der Waals surface area contributed by atoms with E-state index in [1.807, 2.05) is 0 Å². The van der Waals surface area contributed by atoms with Gasteiger partial charge in [0.2, 0.25) is 5.91 Å². The molecule has 0 aliphatic rings. The van der Waals surface area contributed by atoms with Crippen LogP contribution >= 0.6 is 0 Å². The van der Waals surface area contributed by atoms with Crippen LogP contribution in [0.3, 0.4) is 0 Å². The normalized spacial score (nSPS) is 9.94. The van der Waals surface area contributed by atoms with E-state index in [0.717, 1.165) is 6.07 Å². The molecule has 0 aliphatic carbocycles. The molecule has 0 fully saturated rings. The highest BCUT2D eigenvalue weighted by atomic mass is 19.1. The van der Waals surface area contributed by atoms with Crippen LogP contribution in [0, 0.1) is 5.82 Å². The van der Waals surface area contributed by atoms with E-state index in [4.69, 9.17) is 5.73 Å². The van der Waals surface area contributed by atoms with E-state index in [1.54, 1.807) is 0 Å². The number of benzene rings is 1. The number of nitrogens with two attached hydrogens (primary N) is 1. The standard InChI is InChI=1S/C11H13FN2O2/c1-7(15)14-10-6-8(12)2-3-9(10)11(16)4-5-13/h2-3,6H,4-5,13H2,1H3,(H,14,15). The third-order valence-corrected chi connectivity index (χ3v) is 1.96. The van der Waals surface area contributed by atoms with E-state index >= 15 is 0 Å². The SMILES string of the molecule is CC(=O)Nc1cc(F)ccc1C(=O)CCN. The molecule has 0 bridgehead atoms. The Morgan fingerprint density at radius 2 is 2.12 bits per heavy atom. The molecular formula is C11H13FN2O2. The molecular weight excluding hydrogens is 211 g/mol. The topological polar surface area (TPSA) is 72.2 Å². The Morgan fingerprint density at radius 1 is 1.44 bits per heavy atom. The van der Waals surface area contributed by atoms with Gasteiger partial charge in [0.05, 0.1) is 5.69 Å². The van der Waals surface area contributed by atoms with Crippen molar-refractivity contribution in [3.05, 3.63) is 29.6 Å². The molecule has 3 N–H and O–H groups in total. The highest BCUT2D eigenvalue weighted by Crippen LogP contribution is 2.18. The first-order valence-corrected chi connectivity index (χ1v) is 4.85. The molecule has 0 saturated heterocycles. The predicted molar refractivity (Wildman–Crippen MR) is 58.7 cm³/mol. The number of carbonyl (C=O) groups is 2. The molecule has 0 radical (unpaired) electrons. The number of carbonyl (C=O) groups excluding carboxylic acids is 2. The first kappa shape index (κ1) is 12.3. The molecule has 0 aromatic heterocycles. The zero-order valence-corrected chi connectivity index (χ0v) is 8.92. The molecule has 1 rings (SSSR count). The lowest BCUT2D eigenvalue weighted by Gasteiger charge is -2.08. The maximum atomic E-state index is 13.0. The van der Waals surface area contributed by atoms with Crippen LogP contribution in [0.15, 0.2) is 18.2 Å². The van der Waals surface area contributed by atoms with Crippen LogP contribution in [0.1, 0.15) is 23.7 Å². The van der Waals surface area contributed by atoms with Crippen LogP contribution in [0.5, 0.6) is 0 Å². The van der Waals surface area contributed by atoms with Gasteiger partial charge in [0.15, 0.2) is 5.78 Å². The summed E-state index contributed by atoms with van der Waals surface area (Å²) in [6.45, 7) is 1.51. The Labute approximate surface area is 92.6 Å². The van der Waals surface area contributed by atoms with Crippen LogP contribution in [0.2, 0.25) is 0 Å². The van der Waals surface area contributed by atoms with Crippen molar-refractivity contribution in [1.82, 2.24) is 0 Å². The van der Waals surface area contributed by atoms with E-state index in [2.05, 4.69) is 5.32 Å². The van der Waals surface area contributed by atoms with Crippen molar-refractivity contribution in [2.45, 2.75) is 13.3 Å². The van der Waals surface area contributed by atoms with E-state index in [9.17, 15) is 14.0 Å². The van der Waals surface area contributed by atoms with Crippen molar-refractivity contribution in [3.8, 4) is 0 Å². The second-order valence-corrected chi connectivity index (χ2v) is 3.33. The molecule has 0 unspecified atom stereocenters. The van der Waals surface area contributed by atoms with Gasteiger partial charge in [-0.05, 0) is 24.7 Å². The molecule has 1 aromatic carbocycles. The van der Waals surface area contributed by atoms with Gasteiger partial charge in [0.25, 0.3) is 0 Å². The molecule has 86 valence electrons. The summed E-state index contributed by atoms with van der Waals surface area (Å²) in [5.74, 6) is -1.08. The number of anilines is 1.